The lowest BCUT2D eigenvalue weighted by atomic mass is 10.1. The molecule has 0 atom stereocenters. The van der Waals surface area contributed by atoms with Gasteiger partial charge in [-0.2, -0.15) is 9.50 Å². The highest BCUT2D eigenvalue weighted by Gasteiger charge is 2.13. The van der Waals surface area contributed by atoms with Crippen molar-refractivity contribution in [3.05, 3.63) is 70.5 Å². The minimum absolute atomic E-state index is 0.137. The van der Waals surface area contributed by atoms with Crippen molar-refractivity contribution in [3.63, 3.8) is 0 Å². The number of carbonyl (C=O) groups excluding carboxylic acids is 1. The lowest BCUT2D eigenvalue weighted by Crippen LogP contribution is -2.20. The first kappa shape index (κ1) is 19.2. The summed E-state index contributed by atoms with van der Waals surface area (Å²) in [5, 5.41) is 7.16. The Bertz CT molecular complexity index is 1240. The second-order valence-electron chi connectivity index (χ2n) is 6.49. The molecular formula is C21H19N5O4. The molecular weight excluding hydrogens is 386 g/mol. The highest BCUT2D eigenvalue weighted by molar-refractivity contribution is 5.91. The Morgan fingerprint density at radius 1 is 1.03 bits per heavy atom. The van der Waals surface area contributed by atoms with E-state index in [0.29, 0.717) is 17.3 Å². The molecule has 0 unspecified atom stereocenters. The molecule has 30 heavy (non-hydrogen) atoms. The first-order valence-electron chi connectivity index (χ1n) is 9.13. The zero-order valence-corrected chi connectivity index (χ0v) is 16.4. The molecule has 0 aliphatic carbocycles. The lowest BCUT2D eigenvalue weighted by molar-refractivity contribution is -0.115. The number of aromatic nitrogens is 4. The molecule has 1 amide bonds. The number of hydrogen-bond donors (Lipinski definition) is 2. The van der Waals surface area contributed by atoms with Crippen molar-refractivity contribution in [1.29, 1.82) is 0 Å². The summed E-state index contributed by atoms with van der Waals surface area (Å²) >= 11 is 0. The number of hydrogen-bond acceptors (Lipinski definition) is 6. The Kier molecular flexibility index (Phi) is 5.17. The average Bonchev–Trinajstić information content (AvgIpc) is 3.18. The minimum Gasteiger partial charge on any atom is -0.497 e. The van der Waals surface area contributed by atoms with Crippen molar-refractivity contribution < 1.29 is 14.3 Å². The predicted octanol–water partition coefficient (Wildman–Crippen LogP) is 2.28. The molecule has 0 spiro atoms. The van der Waals surface area contributed by atoms with Gasteiger partial charge in [-0.3, -0.25) is 14.6 Å². The third-order valence-electron chi connectivity index (χ3n) is 4.48. The molecule has 0 saturated heterocycles. The Morgan fingerprint density at radius 2 is 1.67 bits per heavy atom. The van der Waals surface area contributed by atoms with E-state index in [9.17, 15) is 9.59 Å². The third-order valence-corrected chi connectivity index (χ3v) is 4.48. The van der Waals surface area contributed by atoms with Gasteiger partial charge < -0.3 is 14.8 Å². The van der Waals surface area contributed by atoms with Crippen LogP contribution in [0.3, 0.4) is 0 Å². The van der Waals surface area contributed by atoms with Crippen molar-refractivity contribution >= 4 is 17.5 Å². The molecule has 0 bridgehead atoms. The zero-order valence-electron chi connectivity index (χ0n) is 16.4. The summed E-state index contributed by atoms with van der Waals surface area (Å²) in [6, 6.07) is 15.7. The summed E-state index contributed by atoms with van der Waals surface area (Å²) in [5.41, 5.74) is 1.17. The van der Waals surface area contributed by atoms with Crippen molar-refractivity contribution in [2.45, 2.75) is 6.42 Å². The maximum atomic E-state index is 12.5. The van der Waals surface area contributed by atoms with E-state index in [1.807, 2.05) is 24.3 Å². The van der Waals surface area contributed by atoms with Crippen molar-refractivity contribution in [2.75, 3.05) is 19.5 Å². The van der Waals surface area contributed by atoms with Crippen LogP contribution in [0.2, 0.25) is 0 Å². The number of aromatic amines is 1. The fraction of sp³-hybridized carbons (Fsp3) is 0.143. The van der Waals surface area contributed by atoms with Crippen LogP contribution in [0.1, 0.15) is 5.56 Å². The number of amides is 1. The van der Waals surface area contributed by atoms with Crippen LogP contribution in [-0.2, 0) is 11.2 Å². The average molecular weight is 405 g/mol. The van der Waals surface area contributed by atoms with Gasteiger partial charge in [0.25, 0.3) is 5.56 Å². The van der Waals surface area contributed by atoms with E-state index in [4.69, 9.17) is 9.47 Å². The molecule has 152 valence electrons. The second-order valence-corrected chi connectivity index (χ2v) is 6.49. The maximum Gasteiger partial charge on any atom is 0.254 e. The summed E-state index contributed by atoms with van der Waals surface area (Å²) in [7, 11) is 3.17. The van der Waals surface area contributed by atoms with Gasteiger partial charge in [-0.1, -0.05) is 12.1 Å². The minimum atomic E-state index is -0.393. The van der Waals surface area contributed by atoms with Crippen LogP contribution in [-0.4, -0.2) is 39.7 Å². The van der Waals surface area contributed by atoms with Gasteiger partial charge in [-0.15, -0.1) is 5.10 Å². The number of benzene rings is 2. The quantitative estimate of drug-likeness (QED) is 0.509. The fourth-order valence-corrected chi connectivity index (χ4v) is 2.96. The maximum absolute atomic E-state index is 12.5. The molecule has 4 aromatic rings. The van der Waals surface area contributed by atoms with Gasteiger partial charge in [0.1, 0.15) is 17.3 Å². The van der Waals surface area contributed by atoms with Gasteiger partial charge in [0, 0.05) is 11.6 Å². The Labute approximate surface area is 171 Å². The molecule has 0 saturated carbocycles. The standard InChI is InChI=1S/C21H19N5O4/c1-29-15-7-3-13(4-8-15)11-18(27)22-17-12-19(28)23-21-24-20(25-26(17)21)14-5-9-16(30-2)10-6-14/h3-10,12H,11H2,1-2H3,(H,22,27)(H,23,24,25,28). The van der Waals surface area contributed by atoms with Crippen LogP contribution in [0.25, 0.3) is 17.2 Å². The Hall–Kier alpha value is -4.14. The van der Waals surface area contributed by atoms with Crippen molar-refractivity contribution in [2.24, 2.45) is 0 Å². The van der Waals surface area contributed by atoms with E-state index in [-0.39, 0.29) is 23.9 Å². The smallest absolute Gasteiger partial charge is 0.254 e. The van der Waals surface area contributed by atoms with Crippen molar-refractivity contribution in [3.8, 4) is 22.9 Å². The Morgan fingerprint density at radius 3 is 2.30 bits per heavy atom. The van der Waals surface area contributed by atoms with E-state index in [0.717, 1.165) is 11.1 Å². The second kappa shape index (κ2) is 8.08. The van der Waals surface area contributed by atoms with E-state index >= 15 is 0 Å². The summed E-state index contributed by atoms with van der Waals surface area (Å²) in [6.45, 7) is 0. The summed E-state index contributed by atoms with van der Waals surface area (Å²) in [6.07, 6.45) is 0.137. The van der Waals surface area contributed by atoms with Gasteiger partial charge in [0.2, 0.25) is 11.7 Å². The monoisotopic (exact) mass is 405 g/mol. The largest absolute Gasteiger partial charge is 0.497 e. The number of ether oxygens (including phenoxy) is 2. The number of carbonyl (C=O) groups is 1. The van der Waals surface area contributed by atoms with E-state index < -0.39 is 5.56 Å². The summed E-state index contributed by atoms with van der Waals surface area (Å²) in [4.78, 5) is 31.5. The fourth-order valence-electron chi connectivity index (χ4n) is 2.96. The topological polar surface area (TPSA) is 111 Å². The van der Waals surface area contributed by atoms with Crippen LogP contribution in [0.15, 0.2) is 59.4 Å². The number of rotatable bonds is 6. The SMILES string of the molecule is COc1ccc(CC(=O)Nc2cc(=O)[nH]c3nc(-c4ccc(OC)cc4)nn23)cc1. The zero-order chi connectivity index (χ0) is 21.1. The van der Waals surface area contributed by atoms with Gasteiger partial charge in [-0.05, 0) is 42.0 Å². The molecule has 2 heterocycles. The van der Waals surface area contributed by atoms with Gasteiger partial charge >= 0.3 is 0 Å². The normalized spacial score (nSPS) is 10.7. The number of nitrogens with zero attached hydrogens (tertiary/aromatic N) is 3. The van der Waals surface area contributed by atoms with Gasteiger partial charge in [0.05, 0.1) is 20.6 Å². The molecule has 0 aliphatic heterocycles. The van der Waals surface area contributed by atoms with Crippen LogP contribution in [0.5, 0.6) is 11.5 Å². The molecule has 4 rings (SSSR count). The van der Waals surface area contributed by atoms with Crippen LogP contribution in [0, 0.1) is 0 Å². The van der Waals surface area contributed by atoms with E-state index in [1.54, 1.807) is 38.5 Å². The van der Waals surface area contributed by atoms with Crippen LogP contribution in [0.4, 0.5) is 5.82 Å². The summed E-state index contributed by atoms with van der Waals surface area (Å²) in [5.74, 6) is 2.01. The first-order chi connectivity index (χ1) is 14.6. The highest BCUT2D eigenvalue weighted by atomic mass is 16.5. The molecule has 9 heteroatoms. The predicted molar refractivity (Wildman–Crippen MR) is 111 cm³/mol. The molecule has 0 fully saturated rings. The number of nitrogens with one attached hydrogen (secondary N) is 2. The van der Waals surface area contributed by atoms with Crippen molar-refractivity contribution in [1.82, 2.24) is 19.6 Å². The van der Waals surface area contributed by atoms with E-state index in [1.165, 1.54) is 10.6 Å². The molecule has 0 aliphatic rings. The highest BCUT2D eigenvalue weighted by Crippen LogP contribution is 2.20. The molecule has 2 aromatic heterocycles. The first-order valence-corrected chi connectivity index (χ1v) is 9.13. The molecule has 2 aromatic carbocycles. The third kappa shape index (κ3) is 4.00. The molecule has 0 radical (unpaired) electrons. The Balaban J connectivity index is 1.60. The van der Waals surface area contributed by atoms with E-state index in [2.05, 4.69) is 20.4 Å². The lowest BCUT2D eigenvalue weighted by Gasteiger charge is -2.07. The van der Waals surface area contributed by atoms with Crippen LogP contribution >= 0.6 is 0 Å². The molecule has 9 nitrogen and oxygen atoms in total. The molecule has 2 N–H and O–H groups in total. The number of methoxy groups -OCH3 is 2. The van der Waals surface area contributed by atoms with Crippen LogP contribution < -0.4 is 20.3 Å². The number of anilines is 1. The summed E-state index contributed by atoms with van der Waals surface area (Å²) < 4.78 is 11.7. The number of H-pyrrole nitrogens is 1. The van der Waals surface area contributed by atoms with Gasteiger partial charge in [0.15, 0.2) is 5.82 Å². The number of fused-ring (bicyclic) bond motifs is 1. The van der Waals surface area contributed by atoms with Gasteiger partial charge in [-0.25, -0.2) is 0 Å².